The average Bonchev–Trinajstić information content (AvgIpc) is 3.08. The summed E-state index contributed by atoms with van der Waals surface area (Å²) in [5, 5.41) is 2.63. The minimum absolute atomic E-state index is 0.127. The second-order valence-electron chi connectivity index (χ2n) is 11.1. The van der Waals surface area contributed by atoms with Crippen molar-refractivity contribution >= 4 is 17.7 Å². The van der Waals surface area contributed by atoms with E-state index in [0.717, 1.165) is 21.4 Å². The van der Waals surface area contributed by atoms with Crippen LogP contribution in [0, 0.1) is 5.41 Å². The molecule has 1 aromatic carbocycles. The van der Waals surface area contributed by atoms with E-state index in [-0.39, 0.29) is 41.0 Å². The molecule has 0 radical (unpaired) electrons. The van der Waals surface area contributed by atoms with Crippen molar-refractivity contribution in [3.8, 4) is 5.75 Å². The molecule has 36 heavy (non-hydrogen) atoms. The topological polar surface area (TPSA) is 79.0 Å². The number of amides is 3. The number of carbonyl (C=O) groups excluding carboxylic acids is 3. The minimum atomic E-state index is -3.08. The van der Waals surface area contributed by atoms with Crippen molar-refractivity contribution in [1.82, 2.24) is 15.1 Å². The Hall–Kier alpha value is -3.23. The van der Waals surface area contributed by atoms with Gasteiger partial charge in [-0.15, -0.1) is 0 Å². The van der Waals surface area contributed by atoms with Crippen molar-refractivity contribution in [2.24, 2.45) is 5.41 Å². The maximum atomic E-state index is 14.3. The Bertz CT molecular complexity index is 1100. The summed E-state index contributed by atoms with van der Waals surface area (Å²) in [5.74, 6) is -4.49. The van der Waals surface area contributed by atoms with Gasteiger partial charge in [0, 0.05) is 25.2 Å². The number of fused-ring (bicyclic) bond motifs is 2. The van der Waals surface area contributed by atoms with Crippen LogP contribution in [0.25, 0.3) is 0 Å². The number of alkyl halides is 2. The largest absolute Gasteiger partial charge is 0.491 e. The van der Waals surface area contributed by atoms with Gasteiger partial charge >= 0.3 is 0 Å². The molecule has 3 amide bonds. The molecule has 0 saturated carbocycles. The third-order valence-corrected chi connectivity index (χ3v) is 7.40. The van der Waals surface area contributed by atoms with Crippen molar-refractivity contribution in [1.29, 1.82) is 0 Å². The molecule has 1 N–H and O–H groups in total. The van der Waals surface area contributed by atoms with E-state index in [0.29, 0.717) is 0 Å². The molecule has 2 aliphatic rings. The van der Waals surface area contributed by atoms with Crippen LogP contribution in [0.3, 0.4) is 0 Å². The van der Waals surface area contributed by atoms with Crippen LogP contribution in [-0.4, -0.2) is 66.2 Å². The van der Waals surface area contributed by atoms with Gasteiger partial charge in [0.1, 0.15) is 12.4 Å². The number of hydrogen-bond acceptors (Lipinski definition) is 4. The lowest BCUT2D eigenvalue weighted by Gasteiger charge is -2.39. The zero-order valence-electron chi connectivity index (χ0n) is 21.8. The van der Waals surface area contributed by atoms with Gasteiger partial charge in [-0.1, -0.05) is 47.3 Å². The first-order valence-electron chi connectivity index (χ1n) is 11.9. The zero-order chi connectivity index (χ0) is 27.1. The molecule has 0 aromatic heterocycles. The van der Waals surface area contributed by atoms with Crippen molar-refractivity contribution < 1.29 is 27.9 Å². The van der Waals surface area contributed by atoms with Crippen LogP contribution in [0.4, 0.5) is 8.78 Å². The monoisotopic (exact) mass is 503 g/mol. The van der Waals surface area contributed by atoms with Gasteiger partial charge in [0.05, 0.1) is 24.7 Å². The average molecular weight is 504 g/mol. The van der Waals surface area contributed by atoms with Gasteiger partial charge in [0.25, 0.3) is 11.8 Å². The van der Waals surface area contributed by atoms with Crippen LogP contribution in [0.2, 0.25) is 0 Å². The fraction of sp³-hybridized carbons (Fsp3) is 0.519. The van der Waals surface area contributed by atoms with Crippen LogP contribution in [-0.2, 0) is 15.0 Å². The summed E-state index contributed by atoms with van der Waals surface area (Å²) in [6.45, 7) is 12.9. The maximum Gasteiger partial charge on any atom is 0.267 e. The fourth-order valence-corrected chi connectivity index (χ4v) is 4.10. The first-order chi connectivity index (χ1) is 16.5. The van der Waals surface area contributed by atoms with Crippen LogP contribution >= 0.6 is 0 Å². The molecule has 0 aliphatic carbocycles. The van der Waals surface area contributed by atoms with Crippen LogP contribution in [0.1, 0.15) is 57.0 Å². The quantitative estimate of drug-likeness (QED) is 0.631. The molecule has 1 saturated heterocycles. The molecule has 1 atom stereocenters. The summed E-state index contributed by atoms with van der Waals surface area (Å²) in [6, 6.07) is 4.32. The Balaban J connectivity index is 2.06. The second-order valence-corrected chi connectivity index (χ2v) is 11.1. The highest BCUT2D eigenvalue weighted by molar-refractivity contribution is 5.98. The summed E-state index contributed by atoms with van der Waals surface area (Å²) in [4.78, 5) is 40.5. The zero-order valence-corrected chi connectivity index (χ0v) is 21.8. The van der Waals surface area contributed by atoms with E-state index in [2.05, 4.69) is 46.5 Å². The molecule has 0 bridgehead atoms. The van der Waals surface area contributed by atoms with E-state index in [9.17, 15) is 23.2 Å². The molecule has 0 spiro atoms. The van der Waals surface area contributed by atoms with Gasteiger partial charge in [-0.05, 0) is 34.6 Å². The van der Waals surface area contributed by atoms with Crippen molar-refractivity contribution in [2.75, 3.05) is 26.7 Å². The van der Waals surface area contributed by atoms with Gasteiger partial charge < -0.3 is 19.9 Å². The number of hydrogen-bond donors (Lipinski definition) is 1. The Labute approximate surface area is 211 Å². The van der Waals surface area contributed by atoms with E-state index in [4.69, 9.17) is 4.74 Å². The van der Waals surface area contributed by atoms with Gasteiger partial charge in [-0.25, -0.2) is 8.78 Å². The number of ether oxygens (including phenoxy) is 1. The van der Waals surface area contributed by atoms with E-state index >= 15 is 0 Å². The molecule has 196 valence electrons. The minimum Gasteiger partial charge on any atom is -0.491 e. The lowest BCUT2D eigenvalue weighted by Crippen LogP contribution is -2.45. The number of allylic oxidation sites excluding steroid dienone is 1. The molecule has 0 unspecified atom stereocenters. The first-order valence-corrected chi connectivity index (χ1v) is 11.9. The third-order valence-electron chi connectivity index (χ3n) is 7.40. The second kappa shape index (κ2) is 9.67. The highest BCUT2D eigenvalue weighted by Crippen LogP contribution is 2.42. The predicted molar refractivity (Wildman–Crippen MR) is 133 cm³/mol. The number of carbonyl (C=O) groups is 3. The summed E-state index contributed by atoms with van der Waals surface area (Å²) < 4.78 is 34.7. The maximum absolute atomic E-state index is 14.3. The number of likely N-dealkylation sites (N-methyl/N-ethyl adjacent to an activating group) is 1. The summed E-state index contributed by atoms with van der Waals surface area (Å²) in [6.07, 6.45) is 1.92. The Morgan fingerprint density at radius 1 is 1.11 bits per heavy atom. The summed E-state index contributed by atoms with van der Waals surface area (Å²) >= 11 is 0. The number of nitrogens with one attached hydrogen (secondary N) is 1. The molecule has 2 heterocycles. The number of halogens is 2. The standard InChI is InChI=1S/C27H35F2N3O4/c1-17-8-11-22(33)31(7)14-23(34)32-16-27(28,29)13-19(32)15-36-21-12-18(26(5,6)25(2,3)4)9-10-20(21)24(35)30-17/h8-12,19H,1,13-16H2,2-7H3,(H,30,35)/b11-8+/t19-/m0/s1. The van der Waals surface area contributed by atoms with Crippen LogP contribution < -0.4 is 10.1 Å². The highest BCUT2D eigenvalue weighted by Gasteiger charge is 2.47. The molecule has 7 nitrogen and oxygen atoms in total. The molecule has 1 fully saturated rings. The normalized spacial score (nSPS) is 22.7. The van der Waals surface area contributed by atoms with Gasteiger partial charge in [-0.3, -0.25) is 14.4 Å². The smallest absolute Gasteiger partial charge is 0.267 e. The summed E-state index contributed by atoms with van der Waals surface area (Å²) in [5.41, 5.74) is 0.846. The molecule has 2 aliphatic heterocycles. The van der Waals surface area contributed by atoms with E-state index in [1.165, 1.54) is 13.1 Å². The van der Waals surface area contributed by atoms with E-state index in [1.807, 2.05) is 6.07 Å². The summed E-state index contributed by atoms with van der Waals surface area (Å²) in [7, 11) is 1.40. The number of nitrogens with zero attached hydrogens (tertiary/aromatic N) is 2. The number of benzene rings is 1. The Morgan fingerprint density at radius 3 is 2.42 bits per heavy atom. The third kappa shape index (κ3) is 5.77. The van der Waals surface area contributed by atoms with Crippen molar-refractivity contribution in [3.05, 3.63) is 53.8 Å². The van der Waals surface area contributed by atoms with Gasteiger partial charge in [0.2, 0.25) is 11.8 Å². The first kappa shape index (κ1) is 27.4. The Morgan fingerprint density at radius 2 is 1.78 bits per heavy atom. The lowest BCUT2D eigenvalue weighted by atomic mass is 9.65. The van der Waals surface area contributed by atoms with E-state index < -0.39 is 42.7 Å². The van der Waals surface area contributed by atoms with Crippen molar-refractivity contribution in [2.45, 2.75) is 58.4 Å². The molecule has 3 rings (SSSR count). The predicted octanol–water partition coefficient (Wildman–Crippen LogP) is 3.90. The molecule has 1 aromatic rings. The SMILES string of the molecule is C=C1/C=C/C(=O)N(C)CC(=O)N2CC(F)(F)C[C@H]2COc2cc(C(C)(C)C(C)(C)C)ccc2C(=O)N1. The van der Waals surface area contributed by atoms with Gasteiger partial charge in [-0.2, -0.15) is 0 Å². The fourth-order valence-electron chi connectivity index (χ4n) is 4.10. The highest BCUT2D eigenvalue weighted by atomic mass is 19.3. The molecular formula is C27H35F2N3O4. The van der Waals surface area contributed by atoms with Crippen LogP contribution in [0.5, 0.6) is 5.75 Å². The Kier molecular flexibility index (Phi) is 7.35. The van der Waals surface area contributed by atoms with Gasteiger partial charge in [0.15, 0.2) is 0 Å². The number of rotatable bonds is 1. The lowest BCUT2D eigenvalue weighted by molar-refractivity contribution is -0.139. The molecule has 9 heteroatoms. The van der Waals surface area contributed by atoms with Crippen LogP contribution in [0.15, 0.2) is 42.6 Å². The van der Waals surface area contributed by atoms with Crippen molar-refractivity contribution in [3.63, 3.8) is 0 Å². The molecular weight excluding hydrogens is 468 g/mol. The van der Waals surface area contributed by atoms with E-state index in [1.54, 1.807) is 12.1 Å².